The van der Waals surface area contributed by atoms with Crippen LogP contribution in [-0.2, 0) is 10.3 Å². The van der Waals surface area contributed by atoms with Crippen LogP contribution in [0.1, 0.15) is 49.3 Å². The molecule has 1 aliphatic carbocycles. The van der Waals surface area contributed by atoms with Crippen LogP contribution in [0.15, 0.2) is 60.7 Å². The smallest absolute Gasteiger partial charge is 0.222 e. The van der Waals surface area contributed by atoms with E-state index in [1.807, 2.05) is 48.5 Å². The number of carbonyl (C=O) groups is 1. The van der Waals surface area contributed by atoms with Gasteiger partial charge in [0, 0.05) is 12.5 Å². The van der Waals surface area contributed by atoms with E-state index in [1.54, 1.807) is 0 Å². The SMILES string of the molecule is Cl.NC(CC(=O)NC1(c2ccccc2)CCCC1)c1ccccc1. The number of carbonyl (C=O) groups excluding carboxylic acids is 1. The minimum atomic E-state index is -0.259. The molecule has 0 heterocycles. The fourth-order valence-corrected chi connectivity index (χ4v) is 3.56. The Balaban J connectivity index is 0.00000208. The molecule has 2 aromatic carbocycles. The zero-order valence-corrected chi connectivity index (χ0v) is 14.6. The quantitative estimate of drug-likeness (QED) is 0.858. The fourth-order valence-electron chi connectivity index (χ4n) is 3.56. The van der Waals surface area contributed by atoms with E-state index in [-0.39, 0.29) is 29.9 Å². The molecule has 3 nitrogen and oxygen atoms in total. The second-order valence-electron chi connectivity index (χ2n) is 6.42. The molecule has 2 aromatic rings. The maximum absolute atomic E-state index is 12.6. The molecule has 0 radical (unpaired) electrons. The lowest BCUT2D eigenvalue weighted by Crippen LogP contribution is -2.44. The topological polar surface area (TPSA) is 55.1 Å². The fraction of sp³-hybridized carbons (Fsp3) is 0.350. The molecular weight excluding hydrogens is 320 g/mol. The monoisotopic (exact) mass is 344 g/mol. The molecule has 3 N–H and O–H groups in total. The lowest BCUT2D eigenvalue weighted by atomic mass is 9.87. The van der Waals surface area contributed by atoms with Gasteiger partial charge < -0.3 is 11.1 Å². The standard InChI is InChI=1S/C20H24N2O.ClH/c21-18(16-9-3-1-4-10-16)15-19(23)22-20(13-7-8-14-20)17-11-5-2-6-12-17;/h1-6,9-12,18H,7-8,13-15,21H2,(H,22,23);1H. The third-order valence-electron chi connectivity index (χ3n) is 4.80. The van der Waals surface area contributed by atoms with Gasteiger partial charge in [0.25, 0.3) is 0 Å². The van der Waals surface area contributed by atoms with Gasteiger partial charge in [0.15, 0.2) is 0 Å². The van der Waals surface area contributed by atoms with Crippen LogP contribution in [0.5, 0.6) is 0 Å². The van der Waals surface area contributed by atoms with Crippen LogP contribution in [-0.4, -0.2) is 5.91 Å². The van der Waals surface area contributed by atoms with Crippen LogP contribution in [0.25, 0.3) is 0 Å². The first-order chi connectivity index (χ1) is 11.2. The summed E-state index contributed by atoms with van der Waals surface area (Å²) in [5, 5.41) is 3.29. The third kappa shape index (κ3) is 4.16. The highest BCUT2D eigenvalue weighted by Crippen LogP contribution is 2.38. The normalized spacial score (nSPS) is 16.9. The zero-order chi connectivity index (χ0) is 16.1. The van der Waals surface area contributed by atoms with Crippen molar-refractivity contribution in [2.45, 2.75) is 43.7 Å². The number of nitrogens with one attached hydrogen (secondary N) is 1. The van der Waals surface area contributed by atoms with E-state index in [4.69, 9.17) is 5.73 Å². The van der Waals surface area contributed by atoms with E-state index in [9.17, 15) is 4.79 Å². The largest absolute Gasteiger partial charge is 0.347 e. The molecular formula is C20H25ClN2O. The highest BCUT2D eigenvalue weighted by molar-refractivity contribution is 5.85. The molecule has 0 spiro atoms. The van der Waals surface area contributed by atoms with E-state index < -0.39 is 0 Å². The van der Waals surface area contributed by atoms with Crippen molar-refractivity contribution in [1.29, 1.82) is 0 Å². The lowest BCUT2D eigenvalue weighted by Gasteiger charge is -2.31. The molecule has 128 valence electrons. The Morgan fingerprint density at radius 2 is 1.54 bits per heavy atom. The highest BCUT2D eigenvalue weighted by atomic mass is 35.5. The summed E-state index contributed by atoms with van der Waals surface area (Å²) in [6.07, 6.45) is 4.63. The van der Waals surface area contributed by atoms with E-state index in [1.165, 1.54) is 5.56 Å². The number of halogens is 1. The van der Waals surface area contributed by atoms with Crippen molar-refractivity contribution in [2.24, 2.45) is 5.73 Å². The van der Waals surface area contributed by atoms with Gasteiger partial charge in [-0.2, -0.15) is 0 Å². The van der Waals surface area contributed by atoms with Crippen LogP contribution in [0.2, 0.25) is 0 Å². The Hall–Kier alpha value is -1.84. The number of amides is 1. The van der Waals surface area contributed by atoms with Crippen molar-refractivity contribution in [1.82, 2.24) is 5.32 Å². The van der Waals surface area contributed by atoms with Crippen LogP contribution in [0.4, 0.5) is 0 Å². The highest BCUT2D eigenvalue weighted by Gasteiger charge is 2.36. The zero-order valence-electron chi connectivity index (χ0n) is 13.8. The number of benzene rings is 2. The van der Waals surface area contributed by atoms with Crippen molar-refractivity contribution >= 4 is 18.3 Å². The molecule has 0 bridgehead atoms. The molecule has 0 aromatic heterocycles. The van der Waals surface area contributed by atoms with Gasteiger partial charge in [-0.1, -0.05) is 73.5 Å². The number of nitrogens with two attached hydrogens (primary N) is 1. The summed E-state index contributed by atoms with van der Waals surface area (Å²) < 4.78 is 0. The second kappa shape index (κ2) is 8.32. The van der Waals surface area contributed by atoms with Crippen molar-refractivity contribution in [3.63, 3.8) is 0 Å². The Morgan fingerprint density at radius 1 is 1.00 bits per heavy atom. The molecule has 1 unspecified atom stereocenters. The van der Waals surface area contributed by atoms with E-state index in [2.05, 4.69) is 17.4 Å². The van der Waals surface area contributed by atoms with Crippen molar-refractivity contribution in [2.75, 3.05) is 0 Å². The average Bonchev–Trinajstić information content (AvgIpc) is 3.06. The molecule has 0 aliphatic heterocycles. The molecule has 1 amide bonds. The maximum atomic E-state index is 12.6. The van der Waals surface area contributed by atoms with Gasteiger partial charge in [0.1, 0.15) is 0 Å². The molecule has 1 aliphatic rings. The molecule has 3 rings (SSSR count). The van der Waals surface area contributed by atoms with Crippen LogP contribution in [0, 0.1) is 0 Å². The molecule has 0 saturated heterocycles. The van der Waals surface area contributed by atoms with Crippen molar-refractivity contribution in [3.8, 4) is 0 Å². The Kier molecular flexibility index (Phi) is 6.41. The predicted octanol–water partition coefficient (Wildman–Crippen LogP) is 4.08. The summed E-state index contributed by atoms with van der Waals surface area (Å²) in [7, 11) is 0. The first-order valence-corrected chi connectivity index (χ1v) is 8.37. The van der Waals surface area contributed by atoms with E-state index in [0.29, 0.717) is 6.42 Å². The summed E-state index contributed by atoms with van der Waals surface area (Å²) in [6.45, 7) is 0. The van der Waals surface area contributed by atoms with Gasteiger partial charge >= 0.3 is 0 Å². The first kappa shape index (κ1) is 18.5. The Bertz CT molecular complexity index is 639. The van der Waals surface area contributed by atoms with Crippen molar-refractivity contribution in [3.05, 3.63) is 71.8 Å². The summed E-state index contributed by atoms with van der Waals surface area (Å²) in [5.41, 5.74) is 8.19. The van der Waals surface area contributed by atoms with E-state index in [0.717, 1.165) is 31.2 Å². The number of rotatable bonds is 5. The maximum Gasteiger partial charge on any atom is 0.222 e. The minimum Gasteiger partial charge on any atom is -0.347 e. The number of hydrogen-bond donors (Lipinski definition) is 2. The van der Waals surface area contributed by atoms with E-state index >= 15 is 0 Å². The third-order valence-corrected chi connectivity index (χ3v) is 4.80. The molecule has 1 fully saturated rings. The first-order valence-electron chi connectivity index (χ1n) is 8.37. The average molecular weight is 345 g/mol. The summed E-state index contributed by atoms with van der Waals surface area (Å²) in [6, 6.07) is 19.9. The minimum absolute atomic E-state index is 0. The Labute approximate surface area is 150 Å². The summed E-state index contributed by atoms with van der Waals surface area (Å²) >= 11 is 0. The van der Waals surface area contributed by atoms with Crippen molar-refractivity contribution < 1.29 is 4.79 Å². The van der Waals surface area contributed by atoms with Crippen LogP contribution < -0.4 is 11.1 Å². The van der Waals surface area contributed by atoms with Crippen LogP contribution in [0.3, 0.4) is 0 Å². The predicted molar refractivity (Wildman–Crippen MR) is 100.0 cm³/mol. The number of hydrogen-bond acceptors (Lipinski definition) is 2. The van der Waals surface area contributed by atoms with Gasteiger partial charge in [-0.15, -0.1) is 12.4 Å². The van der Waals surface area contributed by atoms with Gasteiger partial charge in [-0.05, 0) is 24.0 Å². The lowest BCUT2D eigenvalue weighted by molar-refractivity contribution is -0.123. The molecule has 4 heteroatoms. The molecule has 24 heavy (non-hydrogen) atoms. The summed E-state index contributed by atoms with van der Waals surface area (Å²) in [5.74, 6) is 0.0344. The summed E-state index contributed by atoms with van der Waals surface area (Å²) in [4.78, 5) is 12.6. The van der Waals surface area contributed by atoms with Gasteiger partial charge in [-0.25, -0.2) is 0 Å². The van der Waals surface area contributed by atoms with Gasteiger partial charge in [0.2, 0.25) is 5.91 Å². The second-order valence-corrected chi connectivity index (χ2v) is 6.42. The van der Waals surface area contributed by atoms with Gasteiger partial charge in [0.05, 0.1) is 5.54 Å². The molecule has 1 saturated carbocycles. The molecule has 1 atom stereocenters. The van der Waals surface area contributed by atoms with Gasteiger partial charge in [-0.3, -0.25) is 4.79 Å². The van der Waals surface area contributed by atoms with Crippen LogP contribution >= 0.6 is 12.4 Å². The Morgan fingerprint density at radius 3 is 2.12 bits per heavy atom.